The fraction of sp³-hybridized carbons (Fsp3) is 0.300. The van der Waals surface area contributed by atoms with Crippen molar-refractivity contribution in [2.24, 2.45) is 4.99 Å². The Labute approximate surface area is 166 Å². The molecule has 3 rings (SSSR count). The van der Waals surface area contributed by atoms with E-state index in [1.807, 2.05) is 0 Å². The van der Waals surface area contributed by atoms with Crippen molar-refractivity contribution in [3.63, 3.8) is 0 Å². The number of aromatic hydroxyl groups is 1. The highest BCUT2D eigenvalue weighted by Gasteiger charge is 2.13. The Bertz CT molecular complexity index is 1070. The number of aliphatic imine (C=N–C) groups is 1. The van der Waals surface area contributed by atoms with Gasteiger partial charge in [-0.15, -0.1) is 0 Å². The van der Waals surface area contributed by atoms with Crippen LogP contribution in [0.3, 0.4) is 0 Å². The lowest BCUT2D eigenvalue weighted by molar-refractivity contribution is 0.0698. The molecule has 0 atom stereocenters. The molecule has 1 aliphatic rings. The van der Waals surface area contributed by atoms with Crippen LogP contribution in [0.1, 0.15) is 48.0 Å². The van der Waals surface area contributed by atoms with E-state index in [0.29, 0.717) is 6.54 Å². The van der Waals surface area contributed by atoms with Crippen molar-refractivity contribution in [2.45, 2.75) is 38.6 Å². The van der Waals surface area contributed by atoms with Crippen LogP contribution in [-0.2, 0) is 6.54 Å². The summed E-state index contributed by atoms with van der Waals surface area (Å²) in [4.78, 5) is 30.2. The molecule has 0 unspecified atom stereocenters. The van der Waals surface area contributed by atoms with Crippen molar-refractivity contribution in [1.82, 2.24) is 9.55 Å². The normalized spacial score (nSPS) is 14.2. The predicted octanol–water partition coefficient (Wildman–Crippen LogP) is 3.95. The maximum atomic E-state index is 12.2. The van der Waals surface area contributed by atoms with Crippen LogP contribution in [0.25, 0.3) is 0 Å². The fourth-order valence-corrected chi connectivity index (χ4v) is 3.46. The molecule has 0 saturated carbocycles. The molecule has 0 bridgehead atoms. The van der Waals surface area contributed by atoms with E-state index in [1.54, 1.807) is 12.1 Å². The molecule has 1 aromatic carbocycles. The number of H-pyrrole nitrogens is 1. The second kappa shape index (κ2) is 8.79. The number of aromatic amines is 1. The summed E-state index contributed by atoms with van der Waals surface area (Å²) < 4.78 is 1.61. The Morgan fingerprint density at radius 1 is 1.32 bits per heavy atom. The SMILES string of the molecule is O=C(O)c1ccccc1N=Cc1c(O)n(CCC2=CCCCC2)c(=S)[nH]c1=O. The first-order chi connectivity index (χ1) is 13.5. The Morgan fingerprint density at radius 2 is 2.11 bits per heavy atom. The zero-order valence-electron chi connectivity index (χ0n) is 15.2. The molecule has 7 nitrogen and oxygen atoms in total. The summed E-state index contributed by atoms with van der Waals surface area (Å²) in [6, 6.07) is 6.18. The van der Waals surface area contributed by atoms with Crippen molar-refractivity contribution in [3.8, 4) is 5.88 Å². The number of para-hydroxylation sites is 1. The van der Waals surface area contributed by atoms with E-state index < -0.39 is 11.5 Å². The number of nitrogens with zero attached hydrogens (tertiary/aromatic N) is 2. The summed E-state index contributed by atoms with van der Waals surface area (Å²) in [6.07, 6.45) is 8.60. The highest BCUT2D eigenvalue weighted by Crippen LogP contribution is 2.23. The lowest BCUT2D eigenvalue weighted by Gasteiger charge is -2.15. The van der Waals surface area contributed by atoms with Gasteiger partial charge in [-0.2, -0.15) is 0 Å². The third kappa shape index (κ3) is 4.45. The molecule has 3 N–H and O–H groups in total. The number of nitrogens with one attached hydrogen (secondary N) is 1. The van der Waals surface area contributed by atoms with Crippen molar-refractivity contribution >= 4 is 30.1 Å². The average Bonchev–Trinajstić information content (AvgIpc) is 2.68. The van der Waals surface area contributed by atoms with E-state index in [4.69, 9.17) is 12.2 Å². The van der Waals surface area contributed by atoms with Gasteiger partial charge < -0.3 is 10.2 Å². The number of aromatic nitrogens is 2. The Kier molecular flexibility index (Phi) is 6.20. The van der Waals surface area contributed by atoms with Crippen molar-refractivity contribution in [3.05, 3.63) is 62.2 Å². The van der Waals surface area contributed by atoms with Gasteiger partial charge in [0.1, 0.15) is 5.56 Å². The van der Waals surface area contributed by atoms with E-state index in [-0.39, 0.29) is 27.5 Å². The van der Waals surface area contributed by atoms with Crippen molar-refractivity contribution < 1.29 is 15.0 Å². The zero-order chi connectivity index (χ0) is 20.1. The monoisotopic (exact) mass is 399 g/mol. The summed E-state index contributed by atoms with van der Waals surface area (Å²) in [5, 5.41) is 19.8. The number of carboxylic acid groups (broad SMARTS) is 1. The number of benzene rings is 1. The van der Waals surface area contributed by atoms with Crippen LogP contribution in [0, 0.1) is 4.77 Å². The largest absolute Gasteiger partial charge is 0.494 e. The summed E-state index contributed by atoms with van der Waals surface area (Å²) in [5.41, 5.74) is 0.879. The molecule has 1 aromatic heterocycles. The van der Waals surface area contributed by atoms with Gasteiger partial charge in [-0.3, -0.25) is 19.3 Å². The van der Waals surface area contributed by atoms with Gasteiger partial charge in [0.2, 0.25) is 5.88 Å². The standard InChI is InChI=1S/C20H21N3O4S/c24-17-15(12-21-16-9-5-4-8-14(16)19(26)27)18(25)23(20(28)22-17)11-10-13-6-2-1-3-7-13/h4-6,8-9,12,25H,1-3,7,10-11H2,(H,26,27)(H,22,24,28). The molecule has 8 heteroatoms. The van der Waals surface area contributed by atoms with E-state index in [2.05, 4.69) is 16.1 Å². The molecule has 1 aliphatic carbocycles. The minimum absolute atomic E-state index is 0.00618. The molecule has 0 aliphatic heterocycles. The van der Waals surface area contributed by atoms with Crippen LogP contribution in [-0.4, -0.2) is 31.9 Å². The van der Waals surface area contributed by atoms with E-state index in [0.717, 1.165) is 25.7 Å². The molecule has 28 heavy (non-hydrogen) atoms. The van der Waals surface area contributed by atoms with Crippen LogP contribution in [0.15, 0.2) is 45.7 Å². The number of carboxylic acids is 1. The number of aromatic carboxylic acids is 1. The molecule has 2 aromatic rings. The maximum absolute atomic E-state index is 12.2. The highest BCUT2D eigenvalue weighted by atomic mass is 32.1. The lowest BCUT2D eigenvalue weighted by Crippen LogP contribution is -2.19. The van der Waals surface area contributed by atoms with E-state index in [1.165, 1.54) is 34.9 Å². The predicted molar refractivity (Wildman–Crippen MR) is 109 cm³/mol. The Hall–Kier alpha value is -3.00. The van der Waals surface area contributed by atoms with Gasteiger partial charge in [0, 0.05) is 12.8 Å². The Morgan fingerprint density at radius 3 is 2.82 bits per heavy atom. The van der Waals surface area contributed by atoms with Gasteiger partial charge >= 0.3 is 5.97 Å². The molecule has 1 heterocycles. The topological polar surface area (TPSA) is 108 Å². The molecule has 0 amide bonds. The van der Waals surface area contributed by atoms with Crippen LogP contribution >= 0.6 is 12.2 Å². The van der Waals surface area contributed by atoms with Gasteiger partial charge in [-0.1, -0.05) is 23.8 Å². The minimum Gasteiger partial charge on any atom is -0.494 e. The zero-order valence-corrected chi connectivity index (χ0v) is 16.0. The molecular weight excluding hydrogens is 378 g/mol. The second-order valence-corrected chi connectivity index (χ2v) is 6.97. The number of rotatable bonds is 6. The first-order valence-electron chi connectivity index (χ1n) is 9.07. The fourth-order valence-electron chi connectivity index (χ4n) is 3.19. The summed E-state index contributed by atoms with van der Waals surface area (Å²) in [6.45, 7) is 0.444. The van der Waals surface area contributed by atoms with Crippen LogP contribution in [0.5, 0.6) is 5.88 Å². The quantitative estimate of drug-likeness (QED) is 0.387. The van der Waals surface area contributed by atoms with Gasteiger partial charge in [-0.05, 0) is 56.5 Å². The number of hydrogen-bond acceptors (Lipinski definition) is 5. The van der Waals surface area contributed by atoms with Crippen molar-refractivity contribution in [2.75, 3.05) is 0 Å². The molecule has 0 radical (unpaired) electrons. The average molecular weight is 399 g/mol. The smallest absolute Gasteiger partial charge is 0.337 e. The molecular formula is C20H21N3O4S. The number of carbonyl (C=O) groups is 1. The molecule has 0 fully saturated rings. The van der Waals surface area contributed by atoms with Gasteiger partial charge in [0.05, 0.1) is 11.3 Å². The summed E-state index contributed by atoms with van der Waals surface area (Å²) >= 11 is 5.19. The molecule has 146 valence electrons. The number of allylic oxidation sites excluding steroid dienone is 2. The van der Waals surface area contributed by atoms with E-state index >= 15 is 0 Å². The first-order valence-corrected chi connectivity index (χ1v) is 9.48. The summed E-state index contributed by atoms with van der Waals surface area (Å²) in [5.74, 6) is -1.40. The van der Waals surface area contributed by atoms with E-state index in [9.17, 15) is 19.8 Å². The van der Waals surface area contributed by atoms with Crippen LogP contribution in [0.2, 0.25) is 0 Å². The third-order valence-electron chi connectivity index (χ3n) is 4.72. The minimum atomic E-state index is -1.12. The number of hydrogen-bond donors (Lipinski definition) is 3. The lowest BCUT2D eigenvalue weighted by atomic mass is 9.97. The summed E-state index contributed by atoms with van der Waals surface area (Å²) in [7, 11) is 0. The van der Waals surface area contributed by atoms with Gasteiger partial charge in [0.15, 0.2) is 4.77 Å². The first kappa shape index (κ1) is 19.8. The molecule has 0 spiro atoms. The molecule has 0 saturated heterocycles. The van der Waals surface area contributed by atoms with Crippen molar-refractivity contribution in [1.29, 1.82) is 0 Å². The van der Waals surface area contributed by atoms with Crippen LogP contribution in [0.4, 0.5) is 5.69 Å². The highest BCUT2D eigenvalue weighted by molar-refractivity contribution is 7.71. The van der Waals surface area contributed by atoms with Gasteiger partial charge in [0.25, 0.3) is 5.56 Å². The maximum Gasteiger partial charge on any atom is 0.337 e. The Balaban J connectivity index is 1.91. The second-order valence-electron chi connectivity index (χ2n) is 6.59. The third-order valence-corrected chi connectivity index (χ3v) is 5.04. The van der Waals surface area contributed by atoms with Gasteiger partial charge in [-0.25, -0.2) is 4.79 Å². The van der Waals surface area contributed by atoms with Crippen LogP contribution < -0.4 is 5.56 Å².